The van der Waals surface area contributed by atoms with Crippen LogP contribution < -0.4 is 0 Å². The molecule has 1 aromatic heterocycles. The van der Waals surface area contributed by atoms with E-state index >= 15 is 0 Å². The van der Waals surface area contributed by atoms with E-state index in [2.05, 4.69) is 41.8 Å². The maximum atomic E-state index is 5.78. The van der Waals surface area contributed by atoms with Gasteiger partial charge in [-0.3, -0.25) is 0 Å². The minimum absolute atomic E-state index is 0.590. The Labute approximate surface area is 110 Å². The van der Waals surface area contributed by atoms with Gasteiger partial charge in [0, 0.05) is 15.0 Å². The fraction of sp³-hybridized carbons (Fsp3) is 0.286. The monoisotopic (exact) mass is 262 g/mol. The highest BCUT2D eigenvalue weighted by molar-refractivity contribution is 8.00. The number of thiophene rings is 1. The molecule has 0 fully saturated rings. The maximum Gasteiger partial charge on any atom is 0.0809 e. The van der Waals surface area contributed by atoms with Gasteiger partial charge in [0.25, 0.3) is 0 Å². The Morgan fingerprint density at radius 3 is 2.94 bits per heavy atom. The molecule has 3 rings (SSSR count). The number of hydrogen-bond donors (Lipinski definition) is 0. The Kier molecular flexibility index (Phi) is 3.50. The molecule has 1 aliphatic heterocycles. The van der Waals surface area contributed by atoms with E-state index in [0.29, 0.717) is 5.25 Å². The zero-order chi connectivity index (χ0) is 11.5. The third-order valence-corrected chi connectivity index (χ3v) is 4.98. The first kappa shape index (κ1) is 11.3. The molecule has 2 heterocycles. The van der Waals surface area contributed by atoms with Crippen molar-refractivity contribution in [1.29, 1.82) is 0 Å². The summed E-state index contributed by atoms with van der Waals surface area (Å²) >= 11 is 3.71. The first-order chi connectivity index (χ1) is 8.42. The van der Waals surface area contributed by atoms with E-state index in [9.17, 15) is 0 Å². The predicted octanol–water partition coefficient (Wildman–Crippen LogP) is 3.98. The molecule has 1 unspecified atom stereocenters. The van der Waals surface area contributed by atoms with Crippen LogP contribution >= 0.6 is 23.1 Å². The van der Waals surface area contributed by atoms with Crippen LogP contribution in [0.1, 0.15) is 10.4 Å². The molecule has 0 saturated carbocycles. The van der Waals surface area contributed by atoms with Crippen molar-refractivity contribution in [3.05, 3.63) is 52.2 Å². The van der Waals surface area contributed by atoms with Crippen molar-refractivity contribution in [2.45, 2.75) is 23.2 Å². The van der Waals surface area contributed by atoms with Crippen LogP contribution in [0.5, 0.6) is 0 Å². The lowest BCUT2D eigenvalue weighted by atomic mass is 10.1. The molecule has 0 aliphatic carbocycles. The average Bonchev–Trinajstić information content (AvgIpc) is 2.96. The van der Waals surface area contributed by atoms with Gasteiger partial charge >= 0.3 is 0 Å². The minimum Gasteiger partial charge on any atom is -0.375 e. The molecule has 0 bridgehead atoms. The number of ether oxygens (including phenoxy) is 1. The normalized spacial score (nSPS) is 18.2. The Bertz CT molecular complexity index is 454. The van der Waals surface area contributed by atoms with Crippen molar-refractivity contribution in [2.24, 2.45) is 0 Å². The molecular weight excluding hydrogens is 248 g/mol. The van der Waals surface area contributed by atoms with E-state index in [1.54, 1.807) is 11.3 Å². The summed E-state index contributed by atoms with van der Waals surface area (Å²) in [7, 11) is 0. The Morgan fingerprint density at radius 2 is 2.12 bits per heavy atom. The SMILES string of the molecule is c1csc(COCC2Cc3ccccc3S2)c1. The van der Waals surface area contributed by atoms with Gasteiger partial charge in [-0.05, 0) is 29.5 Å². The molecule has 1 aliphatic rings. The average molecular weight is 262 g/mol. The van der Waals surface area contributed by atoms with E-state index in [1.807, 2.05) is 11.8 Å². The molecule has 0 N–H and O–H groups in total. The highest BCUT2D eigenvalue weighted by Crippen LogP contribution is 2.36. The summed E-state index contributed by atoms with van der Waals surface area (Å²) in [4.78, 5) is 2.74. The van der Waals surface area contributed by atoms with Crippen molar-refractivity contribution in [3.63, 3.8) is 0 Å². The number of rotatable bonds is 4. The zero-order valence-corrected chi connectivity index (χ0v) is 11.1. The summed E-state index contributed by atoms with van der Waals surface area (Å²) in [5.74, 6) is 0. The van der Waals surface area contributed by atoms with E-state index in [0.717, 1.165) is 19.6 Å². The van der Waals surface area contributed by atoms with Crippen molar-refractivity contribution in [3.8, 4) is 0 Å². The first-order valence-corrected chi connectivity index (χ1v) is 7.52. The quantitative estimate of drug-likeness (QED) is 0.824. The maximum absolute atomic E-state index is 5.78. The van der Waals surface area contributed by atoms with Crippen molar-refractivity contribution in [1.82, 2.24) is 0 Å². The van der Waals surface area contributed by atoms with Crippen LogP contribution in [0.4, 0.5) is 0 Å². The highest BCUT2D eigenvalue weighted by Gasteiger charge is 2.21. The van der Waals surface area contributed by atoms with Crippen LogP contribution in [0.15, 0.2) is 46.7 Å². The van der Waals surface area contributed by atoms with Crippen LogP contribution in [0, 0.1) is 0 Å². The molecule has 0 radical (unpaired) electrons. The van der Waals surface area contributed by atoms with Gasteiger partial charge in [0.2, 0.25) is 0 Å². The van der Waals surface area contributed by atoms with Crippen molar-refractivity contribution in [2.75, 3.05) is 6.61 Å². The molecule has 1 aromatic carbocycles. The van der Waals surface area contributed by atoms with E-state index in [4.69, 9.17) is 4.74 Å². The summed E-state index contributed by atoms with van der Waals surface area (Å²) in [5, 5.41) is 2.69. The molecule has 2 aromatic rings. The number of hydrogen-bond acceptors (Lipinski definition) is 3. The second-order valence-electron chi connectivity index (χ2n) is 4.15. The lowest BCUT2D eigenvalue weighted by molar-refractivity contribution is 0.124. The van der Waals surface area contributed by atoms with Crippen LogP contribution in [-0.4, -0.2) is 11.9 Å². The van der Waals surface area contributed by atoms with Crippen LogP contribution in [-0.2, 0) is 17.8 Å². The summed E-state index contributed by atoms with van der Waals surface area (Å²) < 4.78 is 5.78. The Balaban J connectivity index is 1.49. The van der Waals surface area contributed by atoms with Gasteiger partial charge in [-0.15, -0.1) is 23.1 Å². The van der Waals surface area contributed by atoms with Gasteiger partial charge in [0.1, 0.15) is 0 Å². The second kappa shape index (κ2) is 5.25. The smallest absolute Gasteiger partial charge is 0.0809 e. The van der Waals surface area contributed by atoms with Gasteiger partial charge in [0.05, 0.1) is 13.2 Å². The summed E-state index contributed by atoms with van der Waals surface area (Å²) in [6.07, 6.45) is 1.14. The van der Waals surface area contributed by atoms with Crippen LogP contribution in [0.2, 0.25) is 0 Å². The van der Waals surface area contributed by atoms with E-state index < -0.39 is 0 Å². The van der Waals surface area contributed by atoms with Crippen molar-refractivity contribution < 1.29 is 4.74 Å². The van der Waals surface area contributed by atoms with Gasteiger partial charge in [-0.1, -0.05) is 24.3 Å². The lowest BCUT2D eigenvalue weighted by Gasteiger charge is -2.08. The molecule has 1 atom stereocenters. The fourth-order valence-electron chi connectivity index (χ4n) is 2.03. The Hall–Kier alpha value is -0.770. The first-order valence-electron chi connectivity index (χ1n) is 5.76. The van der Waals surface area contributed by atoms with E-state index in [1.165, 1.54) is 15.3 Å². The summed E-state index contributed by atoms with van der Waals surface area (Å²) in [5.41, 5.74) is 1.47. The molecular formula is C14H14OS2. The number of fused-ring (bicyclic) bond motifs is 1. The third-order valence-electron chi connectivity index (χ3n) is 2.84. The zero-order valence-electron chi connectivity index (χ0n) is 9.46. The number of benzene rings is 1. The van der Waals surface area contributed by atoms with Gasteiger partial charge in [0.15, 0.2) is 0 Å². The Morgan fingerprint density at radius 1 is 1.18 bits per heavy atom. The number of thioether (sulfide) groups is 1. The summed E-state index contributed by atoms with van der Waals surface area (Å²) in [6.45, 7) is 1.60. The van der Waals surface area contributed by atoms with Crippen molar-refractivity contribution >= 4 is 23.1 Å². The largest absolute Gasteiger partial charge is 0.375 e. The predicted molar refractivity (Wildman–Crippen MR) is 73.8 cm³/mol. The molecule has 88 valence electrons. The molecule has 0 spiro atoms. The fourth-order valence-corrected chi connectivity index (χ4v) is 3.92. The topological polar surface area (TPSA) is 9.23 Å². The molecule has 0 amide bonds. The van der Waals surface area contributed by atoms with Gasteiger partial charge < -0.3 is 4.74 Å². The second-order valence-corrected chi connectivity index (χ2v) is 6.52. The van der Waals surface area contributed by atoms with E-state index in [-0.39, 0.29) is 0 Å². The van der Waals surface area contributed by atoms with Crippen LogP contribution in [0.3, 0.4) is 0 Å². The summed E-state index contributed by atoms with van der Waals surface area (Å²) in [6, 6.07) is 12.9. The van der Waals surface area contributed by atoms with Crippen LogP contribution in [0.25, 0.3) is 0 Å². The molecule has 3 heteroatoms. The molecule has 0 saturated heterocycles. The standard InChI is InChI=1S/C14H14OS2/c1-2-6-14-11(4-1)8-13(17-14)10-15-9-12-5-3-7-16-12/h1-7,13H,8-10H2. The van der Waals surface area contributed by atoms with Gasteiger partial charge in [-0.2, -0.15) is 0 Å². The highest BCUT2D eigenvalue weighted by atomic mass is 32.2. The third kappa shape index (κ3) is 2.73. The lowest BCUT2D eigenvalue weighted by Crippen LogP contribution is -2.10. The minimum atomic E-state index is 0.590. The molecule has 1 nitrogen and oxygen atoms in total. The molecule has 17 heavy (non-hydrogen) atoms. The van der Waals surface area contributed by atoms with Gasteiger partial charge in [-0.25, -0.2) is 0 Å².